The van der Waals surface area contributed by atoms with Gasteiger partial charge in [-0.3, -0.25) is 9.69 Å². The molecule has 0 saturated heterocycles. The smallest absolute Gasteiger partial charge is 0.258 e. The molecule has 4 nitrogen and oxygen atoms in total. The van der Waals surface area contributed by atoms with E-state index in [0.717, 1.165) is 25.3 Å². The number of amides is 1. The first-order chi connectivity index (χ1) is 9.72. The Morgan fingerprint density at radius 2 is 2.05 bits per heavy atom. The summed E-state index contributed by atoms with van der Waals surface area (Å²) in [4.78, 5) is 14.3. The summed E-state index contributed by atoms with van der Waals surface area (Å²) >= 11 is 0. The molecule has 2 aromatic rings. The van der Waals surface area contributed by atoms with Crippen molar-refractivity contribution in [3.63, 3.8) is 0 Å². The Morgan fingerprint density at radius 3 is 2.70 bits per heavy atom. The van der Waals surface area contributed by atoms with Gasteiger partial charge in [-0.15, -0.1) is 0 Å². The van der Waals surface area contributed by atoms with Crippen molar-refractivity contribution >= 4 is 11.6 Å². The van der Waals surface area contributed by atoms with Crippen LogP contribution >= 0.6 is 0 Å². The summed E-state index contributed by atoms with van der Waals surface area (Å²) in [7, 11) is 0. The number of hydrogen-bond acceptors (Lipinski definition) is 3. The minimum atomic E-state index is -0.154. The van der Waals surface area contributed by atoms with Crippen molar-refractivity contribution in [1.29, 1.82) is 0 Å². The third-order valence-corrected chi connectivity index (χ3v) is 3.27. The molecule has 1 aromatic heterocycles. The zero-order valence-electron chi connectivity index (χ0n) is 11.9. The Balaban J connectivity index is 2.04. The monoisotopic (exact) mass is 272 g/mol. The molecule has 0 aliphatic carbocycles. The van der Waals surface area contributed by atoms with Gasteiger partial charge in [0.15, 0.2) is 0 Å². The quantitative estimate of drug-likeness (QED) is 0.877. The number of rotatable bonds is 6. The lowest BCUT2D eigenvalue weighted by Gasteiger charge is -2.18. The van der Waals surface area contributed by atoms with Crippen LogP contribution in [0.25, 0.3) is 0 Å². The maximum atomic E-state index is 11.9. The van der Waals surface area contributed by atoms with Crippen molar-refractivity contribution in [3.05, 3.63) is 54.0 Å². The van der Waals surface area contributed by atoms with E-state index in [1.807, 2.05) is 18.2 Å². The van der Waals surface area contributed by atoms with Crippen LogP contribution in [0.4, 0.5) is 5.69 Å². The van der Waals surface area contributed by atoms with Crippen molar-refractivity contribution in [3.8, 4) is 0 Å². The summed E-state index contributed by atoms with van der Waals surface area (Å²) in [5.41, 5.74) is 2.53. The lowest BCUT2D eigenvalue weighted by Crippen LogP contribution is -2.22. The normalized spacial score (nSPS) is 10.8. The Labute approximate surface area is 119 Å². The van der Waals surface area contributed by atoms with Gasteiger partial charge in [0, 0.05) is 12.2 Å². The standard InChI is InChI=1S/C16H20N2O2/c1-3-18(4-2)11-13-6-5-7-15(10-13)17-16(19)14-8-9-20-12-14/h5-10,12H,3-4,11H2,1-2H3,(H,17,19). The van der Waals surface area contributed by atoms with E-state index < -0.39 is 0 Å². The summed E-state index contributed by atoms with van der Waals surface area (Å²) in [6.07, 6.45) is 2.93. The number of carbonyl (C=O) groups is 1. The van der Waals surface area contributed by atoms with E-state index in [4.69, 9.17) is 4.42 Å². The highest BCUT2D eigenvalue weighted by Crippen LogP contribution is 2.14. The van der Waals surface area contributed by atoms with Gasteiger partial charge >= 0.3 is 0 Å². The van der Waals surface area contributed by atoms with Gasteiger partial charge in [-0.2, -0.15) is 0 Å². The van der Waals surface area contributed by atoms with E-state index >= 15 is 0 Å². The highest BCUT2D eigenvalue weighted by molar-refractivity contribution is 6.03. The Hall–Kier alpha value is -2.07. The molecule has 1 amide bonds. The SMILES string of the molecule is CCN(CC)Cc1cccc(NC(=O)c2ccoc2)c1. The molecule has 0 aliphatic heterocycles. The predicted molar refractivity (Wildman–Crippen MR) is 79.7 cm³/mol. The van der Waals surface area contributed by atoms with E-state index in [1.54, 1.807) is 6.07 Å². The molecule has 0 radical (unpaired) electrons. The van der Waals surface area contributed by atoms with Gasteiger partial charge in [0.2, 0.25) is 0 Å². The van der Waals surface area contributed by atoms with Crippen LogP contribution in [-0.4, -0.2) is 23.9 Å². The summed E-state index contributed by atoms with van der Waals surface area (Å²) < 4.78 is 4.91. The fourth-order valence-electron chi connectivity index (χ4n) is 2.05. The molecule has 0 bridgehead atoms. The Kier molecular flexibility index (Phi) is 4.96. The molecule has 0 aliphatic rings. The predicted octanol–water partition coefficient (Wildman–Crippen LogP) is 3.37. The van der Waals surface area contributed by atoms with Crippen molar-refractivity contribution in [2.75, 3.05) is 18.4 Å². The second kappa shape index (κ2) is 6.91. The van der Waals surface area contributed by atoms with Crippen LogP contribution < -0.4 is 5.32 Å². The molecule has 1 heterocycles. The van der Waals surface area contributed by atoms with E-state index in [-0.39, 0.29) is 5.91 Å². The third-order valence-electron chi connectivity index (χ3n) is 3.27. The number of hydrogen-bond donors (Lipinski definition) is 1. The summed E-state index contributed by atoms with van der Waals surface area (Å²) in [5.74, 6) is -0.154. The topological polar surface area (TPSA) is 45.5 Å². The molecule has 0 fully saturated rings. The van der Waals surface area contributed by atoms with Gasteiger partial charge in [-0.05, 0) is 36.9 Å². The summed E-state index contributed by atoms with van der Waals surface area (Å²) in [6.45, 7) is 7.22. The first-order valence-corrected chi connectivity index (χ1v) is 6.87. The number of nitrogens with zero attached hydrogens (tertiary/aromatic N) is 1. The number of carbonyl (C=O) groups excluding carboxylic acids is 1. The van der Waals surface area contributed by atoms with Crippen LogP contribution in [0.5, 0.6) is 0 Å². The minimum Gasteiger partial charge on any atom is -0.472 e. The van der Waals surface area contributed by atoms with Crippen LogP contribution in [0.2, 0.25) is 0 Å². The molecule has 0 spiro atoms. The van der Waals surface area contributed by atoms with Gasteiger partial charge in [-0.1, -0.05) is 26.0 Å². The fourth-order valence-corrected chi connectivity index (χ4v) is 2.05. The molecular weight excluding hydrogens is 252 g/mol. The second-order valence-electron chi connectivity index (χ2n) is 4.63. The summed E-state index contributed by atoms with van der Waals surface area (Å²) in [5, 5.41) is 2.88. The van der Waals surface area contributed by atoms with Gasteiger partial charge < -0.3 is 9.73 Å². The average molecular weight is 272 g/mol. The first kappa shape index (κ1) is 14.3. The number of benzene rings is 1. The average Bonchev–Trinajstić information content (AvgIpc) is 2.99. The number of anilines is 1. The van der Waals surface area contributed by atoms with E-state index in [0.29, 0.717) is 5.56 Å². The van der Waals surface area contributed by atoms with Crippen LogP contribution in [0.15, 0.2) is 47.3 Å². The molecule has 4 heteroatoms. The molecule has 0 unspecified atom stereocenters. The number of furan rings is 1. The first-order valence-electron chi connectivity index (χ1n) is 6.87. The molecular formula is C16H20N2O2. The van der Waals surface area contributed by atoms with Gasteiger partial charge in [0.25, 0.3) is 5.91 Å². The molecule has 20 heavy (non-hydrogen) atoms. The zero-order chi connectivity index (χ0) is 14.4. The molecule has 1 aromatic carbocycles. The molecule has 1 N–H and O–H groups in total. The van der Waals surface area contributed by atoms with Gasteiger partial charge in [0.1, 0.15) is 6.26 Å². The van der Waals surface area contributed by atoms with Gasteiger partial charge in [0.05, 0.1) is 11.8 Å². The Morgan fingerprint density at radius 1 is 1.25 bits per heavy atom. The minimum absolute atomic E-state index is 0.154. The maximum absolute atomic E-state index is 11.9. The molecule has 0 saturated carbocycles. The molecule has 2 rings (SSSR count). The third kappa shape index (κ3) is 3.71. The zero-order valence-corrected chi connectivity index (χ0v) is 11.9. The molecule has 106 valence electrons. The van der Waals surface area contributed by atoms with Crippen LogP contribution in [0, 0.1) is 0 Å². The Bertz CT molecular complexity index is 545. The highest BCUT2D eigenvalue weighted by atomic mass is 16.3. The molecule has 0 atom stereocenters. The van der Waals surface area contributed by atoms with Crippen molar-refractivity contribution < 1.29 is 9.21 Å². The van der Waals surface area contributed by atoms with Crippen molar-refractivity contribution in [2.45, 2.75) is 20.4 Å². The number of nitrogens with one attached hydrogen (secondary N) is 1. The summed E-state index contributed by atoms with van der Waals surface area (Å²) in [6, 6.07) is 9.59. The maximum Gasteiger partial charge on any atom is 0.258 e. The van der Waals surface area contributed by atoms with Crippen LogP contribution in [0.3, 0.4) is 0 Å². The largest absolute Gasteiger partial charge is 0.472 e. The fraction of sp³-hybridized carbons (Fsp3) is 0.312. The van der Waals surface area contributed by atoms with Gasteiger partial charge in [-0.25, -0.2) is 0 Å². The van der Waals surface area contributed by atoms with E-state index in [2.05, 4.69) is 30.1 Å². The second-order valence-corrected chi connectivity index (χ2v) is 4.63. The lowest BCUT2D eigenvalue weighted by molar-refractivity contribution is 0.102. The highest BCUT2D eigenvalue weighted by Gasteiger charge is 2.08. The van der Waals surface area contributed by atoms with E-state index in [9.17, 15) is 4.79 Å². The van der Waals surface area contributed by atoms with Crippen molar-refractivity contribution in [2.24, 2.45) is 0 Å². The van der Waals surface area contributed by atoms with Crippen molar-refractivity contribution in [1.82, 2.24) is 4.90 Å². The lowest BCUT2D eigenvalue weighted by atomic mass is 10.2. The van der Waals surface area contributed by atoms with Crippen LogP contribution in [0.1, 0.15) is 29.8 Å². The van der Waals surface area contributed by atoms with Crippen LogP contribution in [-0.2, 0) is 6.54 Å². The van der Waals surface area contributed by atoms with E-state index in [1.165, 1.54) is 18.1 Å².